The van der Waals surface area contributed by atoms with Crippen LogP contribution >= 0.6 is 0 Å². The molecule has 0 radical (unpaired) electrons. The van der Waals surface area contributed by atoms with Crippen molar-refractivity contribution in [2.24, 2.45) is 0 Å². The van der Waals surface area contributed by atoms with E-state index in [4.69, 9.17) is 14.6 Å². The molecular weight excluding hydrogens is 248 g/mol. The van der Waals surface area contributed by atoms with E-state index in [2.05, 4.69) is 16.8 Å². The Morgan fingerprint density at radius 2 is 2.11 bits per heavy atom. The Bertz CT molecular complexity index is 292. The van der Waals surface area contributed by atoms with Crippen LogP contribution in [0.25, 0.3) is 0 Å². The van der Waals surface area contributed by atoms with E-state index in [9.17, 15) is 4.79 Å². The van der Waals surface area contributed by atoms with Crippen molar-refractivity contribution in [3.8, 4) is 0 Å². The highest BCUT2D eigenvalue weighted by Gasteiger charge is 2.25. The van der Waals surface area contributed by atoms with Gasteiger partial charge in [0.1, 0.15) is 6.61 Å². The fraction of sp³-hybridized carbons (Fsp3) is 0.923. The zero-order chi connectivity index (χ0) is 13.7. The molecule has 0 bridgehead atoms. The predicted octanol–water partition coefficient (Wildman–Crippen LogP) is -0.117. The standard InChI is InChI=1S/C13H24N2O4/c1-14-6-7-18-12(8-14)9-15-4-2-11(3-5-15)19-10-13(16)17/h11-12H,2-10H2,1H3,(H,16,17). The molecular formula is C13H24N2O4. The van der Waals surface area contributed by atoms with Crippen LogP contribution in [0, 0.1) is 0 Å². The average molecular weight is 272 g/mol. The summed E-state index contributed by atoms with van der Waals surface area (Å²) < 4.78 is 11.1. The van der Waals surface area contributed by atoms with Crippen molar-refractivity contribution >= 4 is 5.97 Å². The van der Waals surface area contributed by atoms with Gasteiger partial charge < -0.3 is 24.4 Å². The number of hydrogen-bond donors (Lipinski definition) is 1. The van der Waals surface area contributed by atoms with Crippen LogP contribution in [0.4, 0.5) is 0 Å². The Morgan fingerprint density at radius 1 is 1.37 bits per heavy atom. The number of nitrogens with zero attached hydrogens (tertiary/aromatic N) is 2. The Morgan fingerprint density at radius 3 is 2.74 bits per heavy atom. The van der Waals surface area contributed by atoms with Gasteiger partial charge in [0.05, 0.1) is 18.8 Å². The minimum absolute atomic E-state index is 0.0993. The van der Waals surface area contributed by atoms with E-state index in [1.165, 1.54) is 0 Å². The van der Waals surface area contributed by atoms with E-state index in [-0.39, 0.29) is 12.7 Å². The molecule has 2 rings (SSSR count). The second kappa shape index (κ2) is 7.19. The van der Waals surface area contributed by atoms with Gasteiger partial charge >= 0.3 is 5.97 Å². The quantitative estimate of drug-likeness (QED) is 0.753. The van der Waals surface area contributed by atoms with Crippen molar-refractivity contribution in [1.82, 2.24) is 9.80 Å². The number of hydrogen-bond acceptors (Lipinski definition) is 5. The van der Waals surface area contributed by atoms with Gasteiger partial charge in [-0.1, -0.05) is 0 Å². The Kier molecular flexibility index (Phi) is 5.57. The Hall–Kier alpha value is -0.690. The molecule has 0 aromatic carbocycles. The van der Waals surface area contributed by atoms with Crippen LogP contribution in [0.3, 0.4) is 0 Å². The number of piperidine rings is 1. The lowest BCUT2D eigenvalue weighted by atomic mass is 10.1. The molecule has 2 saturated heterocycles. The molecule has 0 aliphatic carbocycles. The lowest BCUT2D eigenvalue weighted by Crippen LogP contribution is -2.48. The molecule has 0 aromatic rings. The third-order valence-corrected chi connectivity index (χ3v) is 3.78. The third kappa shape index (κ3) is 5.06. The van der Waals surface area contributed by atoms with Gasteiger partial charge in [0.25, 0.3) is 0 Å². The largest absolute Gasteiger partial charge is 0.480 e. The summed E-state index contributed by atoms with van der Waals surface area (Å²) in [6.07, 6.45) is 2.23. The molecule has 1 N–H and O–H groups in total. The van der Waals surface area contributed by atoms with E-state index in [0.29, 0.717) is 6.10 Å². The predicted molar refractivity (Wildman–Crippen MR) is 70.3 cm³/mol. The molecule has 6 nitrogen and oxygen atoms in total. The molecule has 1 atom stereocenters. The zero-order valence-corrected chi connectivity index (χ0v) is 11.6. The minimum Gasteiger partial charge on any atom is -0.480 e. The molecule has 110 valence electrons. The van der Waals surface area contributed by atoms with Gasteiger partial charge in [0.15, 0.2) is 0 Å². The molecule has 2 fully saturated rings. The maximum absolute atomic E-state index is 10.4. The lowest BCUT2D eigenvalue weighted by Gasteiger charge is -2.37. The van der Waals surface area contributed by atoms with E-state index in [1.54, 1.807) is 0 Å². The number of carboxylic acid groups (broad SMARTS) is 1. The van der Waals surface area contributed by atoms with Gasteiger partial charge in [-0.15, -0.1) is 0 Å². The fourth-order valence-electron chi connectivity index (χ4n) is 2.71. The van der Waals surface area contributed by atoms with Gasteiger partial charge in [-0.05, 0) is 19.9 Å². The first-order chi connectivity index (χ1) is 9.13. The first kappa shape index (κ1) is 14.7. The van der Waals surface area contributed by atoms with Crippen molar-refractivity contribution in [2.45, 2.75) is 25.0 Å². The summed E-state index contributed by atoms with van der Waals surface area (Å²) in [4.78, 5) is 15.1. The molecule has 2 aliphatic rings. The summed E-state index contributed by atoms with van der Waals surface area (Å²) >= 11 is 0. The first-order valence-corrected chi connectivity index (χ1v) is 6.99. The van der Waals surface area contributed by atoms with Crippen LogP contribution < -0.4 is 0 Å². The molecule has 1 unspecified atom stereocenters. The monoisotopic (exact) mass is 272 g/mol. The third-order valence-electron chi connectivity index (χ3n) is 3.78. The number of likely N-dealkylation sites (N-methyl/N-ethyl adjacent to an activating group) is 1. The van der Waals surface area contributed by atoms with E-state index < -0.39 is 5.97 Å². The van der Waals surface area contributed by atoms with Gasteiger partial charge in [-0.25, -0.2) is 4.79 Å². The summed E-state index contributed by atoms with van der Waals surface area (Å²) in [5.74, 6) is -0.888. The van der Waals surface area contributed by atoms with E-state index in [1.807, 2.05) is 0 Å². The van der Waals surface area contributed by atoms with E-state index in [0.717, 1.165) is 52.2 Å². The molecule has 0 spiro atoms. The topological polar surface area (TPSA) is 62.2 Å². The molecule has 0 amide bonds. The highest BCUT2D eigenvalue weighted by Crippen LogP contribution is 2.15. The lowest BCUT2D eigenvalue weighted by molar-refractivity contribution is -0.145. The summed E-state index contributed by atoms with van der Waals surface area (Å²) in [6.45, 7) is 5.55. The molecule has 0 aromatic heterocycles. The van der Waals surface area contributed by atoms with Crippen LogP contribution in [0.5, 0.6) is 0 Å². The van der Waals surface area contributed by atoms with Crippen molar-refractivity contribution in [2.75, 3.05) is 53.0 Å². The molecule has 2 aliphatic heterocycles. The summed E-state index contributed by atoms with van der Waals surface area (Å²) in [7, 11) is 2.13. The van der Waals surface area contributed by atoms with Crippen molar-refractivity contribution in [1.29, 1.82) is 0 Å². The SMILES string of the molecule is CN1CCOC(CN2CCC(OCC(=O)O)CC2)C1. The maximum atomic E-state index is 10.4. The smallest absolute Gasteiger partial charge is 0.329 e. The number of rotatable bonds is 5. The van der Waals surface area contributed by atoms with Gasteiger partial charge in [0.2, 0.25) is 0 Å². The summed E-state index contributed by atoms with van der Waals surface area (Å²) in [5, 5.41) is 8.58. The number of carbonyl (C=O) groups is 1. The van der Waals surface area contributed by atoms with Crippen LogP contribution in [-0.4, -0.2) is 86.1 Å². The number of likely N-dealkylation sites (tertiary alicyclic amines) is 1. The van der Waals surface area contributed by atoms with Crippen molar-refractivity contribution < 1.29 is 19.4 Å². The Balaban J connectivity index is 1.64. The average Bonchev–Trinajstić information content (AvgIpc) is 2.38. The van der Waals surface area contributed by atoms with Crippen molar-refractivity contribution in [3.05, 3.63) is 0 Å². The van der Waals surface area contributed by atoms with Crippen LogP contribution in [0.1, 0.15) is 12.8 Å². The normalized spacial score (nSPS) is 27.5. The number of ether oxygens (including phenoxy) is 2. The fourth-order valence-corrected chi connectivity index (χ4v) is 2.71. The molecule has 19 heavy (non-hydrogen) atoms. The molecule has 0 saturated carbocycles. The second-order valence-corrected chi connectivity index (χ2v) is 5.46. The Labute approximate surface area is 114 Å². The summed E-state index contributed by atoms with van der Waals surface area (Å²) in [5.41, 5.74) is 0. The highest BCUT2D eigenvalue weighted by atomic mass is 16.5. The second-order valence-electron chi connectivity index (χ2n) is 5.46. The van der Waals surface area contributed by atoms with Crippen LogP contribution in [0.2, 0.25) is 0 Å². The van der Waals surface area contributed by atoms with E-state index >= 15 is 0 Å². The minimum atomic E-state index is -0.888. The zero-order valence-electron chi connectivity index (χ0n) is 11.6. The van der Waals surface area contributed by atoms with Crippen LogP contribution in [0.15, 0.2) is 0 Å². The van der Waals surface area contributed by atoms with Gasteiger partial charge in [0, 0.05) is 32.7 Å². The molecule has 2 heterocycles. The van der Waals surface area contributed by atoms with Crippen molar-refractivity contribution in [3.63, 3.8) is 0 Å². The maximum Gasteiger partial charge on any atom is 0.329 e. The number of aliphatic carboxylic acids is 1. The highest BCUT2D eigenvalue weighted by molar-refractivity contribution is 5.68. The van der Waals surface area contributed by atoms with Gasteiger partial charge in [-0.3, -0.25) is 0 Å². The number of carboxylic acids is 1. The first-order valence-electron chi connectivity index (χ1n) is 6.99. The molecule has 6 heteroatoms. The van der Waals surface area contributed by atoms with Crippen LogP contribution in [-0.2, 0) is 14.3 Å². The number of morpholine rings is 1. The summed E-state index contributed by atoms with van der Waals surface area (Å²) in [6, 6.07) is 0. The van der Waals surface area contributed by atoms with Gasteiger partial charge in [-0.2, -0.15) is 0 Å².